The maximum atomic E-state index is 13.9. The minimum Gasteiger partial charge on any atom is -0.381 e. The molecule has 0 aliphatic carbocycles. The SMILES string of the molecule is O=C(Cc1ccccc1)NC1CCN(CCC(NC(=O)C2CCOCC2)c2cccc(F)c2)CC1. The molecule has 2 amide bonds. The average molecular weight is 482 g/mol. The number of benzene rings is 2. The van der Waals surface area contributed by atoms with Crippen molar-refractivity contribution in [3.8, 4) is 0 Å². The van der Waals surface area contributed by atoms with E-state index >= 15 is 0 Å². The number of halogens is 1. The van der Waals surface area contributed by atoms with E-state index in [0.717, 1.165) is 56.4 Å². The smallest absolute Gasteiger partial charge is 0.224 e. The third kappa shape index (κ3) is 7.87. The zero-order chi connectivity index (χ0) is 24.5. The van der Waals surface area contributed by atoms with Crippen molar-refractivity contribution < 1.29 is 18.7 Å². The minimum atomic E-state index is -0.292. The van der Waals surface area contributed by atoms with Gasteiger partial charge < -0.3 is 20.3 Å². The maximum absolute atomic E-state index is 13.9. The molecular weight excluding hydrogens is 445 g/mol. The van der Waals surface area contributed by atoms with Crippen LogP contribution in [0.1, 0.15) is 49.3 Å². The van der Waals surface area contributed by atoms with Crippen LogP contribution in [0.4, 0.5) is 4.39 Å². The van der Waals surface area contributed by atoms with Crippen molar-refractivity contribution in [1.29, 1.82) is 0 Å². The van der Waals surface area contributed by atoms with Gasteiger partial charge in [0.2, 0.25) is 11.8 Å². The van der Waals surface area contributed by atoms with Crippen LogP contribution in [0.3, 0.4) is 0 Å². The number of hydrogen-bond donors (Lipinski definition) is 2. The van der Waals surface area contributed by atoms with Crippen molar-refractivity contribution >= 4 is 11.8 Å². The molecule has 0 saturated carbocycles. The van der Waals surface area contributed by atoms with E-state index in [9.17, 15) is 14.0 Å². The lowest BCUT2D eigenvalue weighted by Crippen LogP contribution is -2.46. The summed E-state index contributed by atoms with van der Waals surface area (Å²) >= 11 is 0. The third-order valence-corrected chi connectivity index (χ3v) is 7.05. The summed E-state index contributed by atoms with van der Waals surface area (Å²) in [7, 11) is 0. The highest BCUT2D eigenvalue weighted by molar-refractivity contribution is 5.79. The second kappa shape index (κ2) is 12.8. The molecule has 2 aliphatic heterocycles. The minimum absolute atomic E-state index is 0.0300. The van der Waals surface area contributed by atoms with E-state index in [1.165, 1.54) is 12.1 Å². The summed E-state index contributed by atoms with van der Waals surface area (Å²) in [6.07, 6.45) is 4.38. The Morgan fingerprint density at radius 1 is 1.00 bits per heavy atom. The van der Waals surface area contributed by atoms with Crippen LogP contribution in [0, 0.1) is 11.7 Å². The Balaban J connectivity index is 1.26. The van der Waals surface area contributed by atoms with Gasteiger partial charge in [0.25, 0.3) is 0 Å². The van der Waals surface area contributed by atoms with Gasteiger partial charge in [0, 0.05) is 44.8 Å². The first kappa shape index (κ1) is 25.3. The van der Waals surface area contributed by atoms with Crippen LogP contribution in [0.25, 0.3) is 0 Å². The first-order valence-corrected chi connectivity index (χ1v) is 12.8. The van der Waals surface area contributed by atoms with Gasteiger partial charge in [0.1, 0.15) is 5.82 Å². The molecule has 6 nitrogen and oxygen atoms in total. The van der Waals surface area contributed by atoms with Crippen molar-refractivity contribution in [1.82, 2.24) is 15.5 Å². The zero-order valence-electron chi connectivity index (χ0n) is 20.3. The van der Waals surface area contributed by atoms with Crippen LogP contribution in [-0.2, 0) is 20.7 Å². The number of likely N-dealkylation sites (tertiary alicyclic amines) is 1. The molecule has 35 heavy (non-hydrogen) atoms. The van der Waals surface area contributed by atoms with Gasteiger partial charge in [-0.1, -0.05) is 42.5 Å². The first-order chi connectivity index (χ1) is 17.1. The molecule has 2 aromatic carbocycles. The highest BCUT2D eigenvalue weighted by atomic mass is 19.1. The zero-order valence-corrected chi connectivity index (χ0v) is 20.3. The largest absolute Gasteiger partial charge is 0.381 e. The fraction of sp³-hybridized carbons (Fsp3) is 0.500. The van der Waals surface area contributed by atoms with Crippen LogP contribution < -0.4 is 10.6 Å². The number of ether oxygens (including phenoxy) is 1. The molecule has 2 fully saturated rings. The molecule has 0 spiro atoms. The maximum Gasteiger partial charge on any atom is 0.224 e. The van der Waals surface area contributed by atoms with Gasteiger partial charge in [-0.3, -0.25) is 9.59 Å². The van der Waals surface area contributed by atoms with Crippen LogP contribution in [-0.4, -0.2) is 55.6 Å². The molecule has 0 radical (unpaired) electrons. The van der Waals surface area contributed by atoms with E-state index in [0.29, 0.717) is 26.1 Å². The Morgan fingerprint density at radius 2 is 1.74 bits per heavy atom. The van der Waals surface area contributed by atoms with Crippen molar-refractivity contribution in [3.05, 3.63) is 71.5 Å². The molecule has 2 heterocycles. The second-order valence-electron chi connectivity index (χ2n) is 9.64. The molecule has 188 valence electrons. The third-order valence-electron chi connectivity index (χ3n) is 7.05. The molecule has 2 N–H and O–H groups in total. The number of carbonyl (C=O) groups excluding carboxylic acids is 2. The molecule has 0 bridgehead atoms. The fourth-order valence-corrected chi connectivity index (χ4v) is 4.97. The predicted molar refractivity (Wildman–Crippen MR) is 133 cm³/mol. The predicted octanol–water partition coefficient (Wildman–Crippen LogP) is 3.62. The van der Waals surface area contributed by atoms with Gasteiger partial charge in [0.05, 0.1) is 12.5 Å². The Hall–Kier alpha value is -2.77. The highest BCUT2D eigenvalue weighted by Crippen LogP contribution is 2.23. The number of carbonyl (C=O) groups is 2. The number of nitrogens with zero attached hydrogens (tertiary/aromatic N) is 1. The number of amides is 2. The Labute approximate surface area is 207 Å². The molecule has 1 unspecified atom stereocenters. The summed E-state index contributed by atoms with van der Waals surface area (Å²) in [5, 5.41) is 6.36. The number of piperidine rings is 1. The Bertz CT molecular complexity index is 957. The van der Waals surface area contributed by atoms with Crippen molar-refractivity contribution in [3.63, 3.8) is 0 Å². The fourth-order valence-electron chi connectivity index (χ4n) is 4.97. The van der Waals surface area contributed by atoms with Crippen LogP contribution in [0.15, 0.2) is 54.6 Å². The second-order valence-corrected chi connectivity index (χ2v) is 9.64. The first-order valence-electron chi connectivity index (χ1n) is 12.8. The quantitative estimate of drug-likeness (QED) is 0.574. The monoisotopic (exact) mass is 481 g/mol. The number of hydrogen-bond acceptors (Lipinski definition) is 4. The molecule has 0 aromatic heterocycles. The van der Waals surface area contributed by atoms with Gasteiger partial charge in [-0.15, -0.1) is 0 Å². The normalized spacial score (nSPS) is 18.7. The molecule has 4 rings (SSSR count). The van der Waals surface area contributed by atoms with Crippen LogP contribution in [0.2, 0.25) is 0 Å². The lowest BCUT2D eigenvalue weighted by atomic mass is 9.96. The number of nitrogens with one attached hydrogen (secondary N) is 2. The Morgan fingerprint density at radius 3 is 2.46 bits per heavy atom. The van der Waals surface area contributed by atoms with E-state index in [2.05, 4.69) is 15.5 Å². The van der Waals surface area contributed by atoms with Gasteiger partial charge in [-0.25, -0.2) is 4.39 Å². The Kier molecular flexibility index (Phi) is 9.26. The summed E-state index contributed by atoms with van der Waals surface area (Å²) in [6.45, 7) is 3.80. The van der Waals surface area contributed by atoms with Crippen molar-refractivity contribution in [2.45, 2.75) is 50.6 Å². The highest BCUT2D eigenvalue weighted by Gasteiger charge is 2.26. The summed E-state index contributed by atoms with van der Waals surface area (Å²) < 4.78 is 19.3. The van der Waals surface area contributed by atoms with Gasteiger partial charge in [-0.2, -0.15) is 0 Å². The van der Waals surface area contributed by atoms with Gasteiger partial charge in [0.15, 0.2) is 0 Å². The molecular formula is C28H36FN3O3. The molecule has 1 atom stereocenters. The van der Waals surface area contributed by atoms with Crippen molar-refractivity contribution in [2.75, 3.05) is 32.8 Å². The molecule has 2 aliphatic rings. The van der Waals surface area contributed by atoms with Crippen LogP contribution in [0.5, 0.6) is 0 Å². The summed E-state index contributed by atoms with van der Waals surface area (Å²) in [5.74, 6) is -0.242. The molecule has 2 aromatic rings. The van der Waals surface area contributed by atoms with E-state index in [1.54, 1.807) is 6.07 Å². The lowest BCUT2D eigenvalue weighted by Gasteiger charge is -2.33. The van der Waals surface area contributed by atoms with E-state index in [1.807, 2.05) is 36.4 Å². The standard InChI is InChI=1S/C28H36FN3O3/c29-24-8-4-7-23(20-24)26(31-28(34)22-12-17-35-18-13-22)11-16-32-14-9-25(10-15-32)30-27(33)19-21-5-2-1-3-6-21/h1-8,20,22,25-26H,9-19H2,(H,30,33)(H,31,34). The van der Waals surface area contributed by atoms with Crippen molar-refractivity contribution in [2.24, 2.45) is 5.92 Å². The average Bonchev–Trinajstić information content (AvgIpc) is 2.88. The summed E-state index contributed by atoms with van der Waals surface area (Å²) in [6, 6.07) is 16.3. The summed E-state index contributed by atoms with van der Waals surface area (Å²) in [4.78, 5) is 27.6. The van der Waals surface area contributed by atoms with E-state index in [-0.39, 0.29) is 35.6 Å². The van der Waals surface area contributed by atoms with E-state index < -0.39 is 0 Å². The molecule has 2 saturated heterocycles. The topological polar surface area (TPSA) is 70.7 Å². The van der Waals surface area contributed by atoms with Gasteiger partial charge in [-0.05, 0) is 55.4 Å². The van der Waals surface area contributed by atoms with E-state index in [4.69, 9.17) is 4.74 Å². The van der Waals surface area contributed by atoms with Crippen LogP contribution >= 0.6 is 0 Å². The summed E-state index contributed by atoms with van der Waals surface area (Å²) in [5.41, 5.74) is 1.82. The number of rotatable bonds is 9. The van der Waals surface area contributed by atoms with Gasteiger partial charge >= 0.3 is 0 Å². The molecule has 7 heteroatoms. The lowest BCUT2D eigenvalue weighted by molar-refractivity contribution is -0.128.